The van der Waals surface area contributed by atoms with Crippen LogP contribution in [0.2, 0.25) is 0 Å². The second kappa shape index (κ2) is 7.70. The molecule has 6 heteroatoms. The molecule has 0 aliphatic carbocycles. The molecule has 1 amide bonds. The van der Waals surface area contributed by atoms with Crippen molar-refractivity contribution in [2.45, 2.75) is 13.0 Å². The van der Waals surface area contributed by atoms with Crippen LogP contribution in [0.25, 0.3) is 0 Å². The summed E-state index contributed by atoms with van der Waals surface area (Å²) in [4.78, 5) is 34.6. The number of rotatable bonds is 5. The summed E-state index contributed by atoms with van der Waals surface area (Å²) in [6, 6.07) is 14.2. The maximum atomic E-state index is 12.0. The van der Waals surface area contributed by atoms with Crippen LogP contribution in [-0.4, -0.2) is 24.3 Å². The zero-order chi connectivity index (χ0) is 17.5. The van der Waals surface area contributed by atoms with Gasteiger partial charge >= 0.3 is 5.97 Å². The van der Waals surface area contributed by atoms with Crippen molar-refractivity contribution >= 4 is 23.9 Å². The van der Waals surface area contributed by atoms with Gasteiger partial charge in [0.05, 0.1) is 17.2 Å². The van der Waals surface area contributed by atoms with Gasteiger partial charge in [0.15, 0.2) is 6.10 Å². The van der Waals surface area contributed by atoms with E-state index in [1.807, 2.05) is 6.07 Å². The lowest BCUT2D eigenvalue weighted by molar-refractivity contribution is -0.123. The Balaban J connectivity index is 1.95. The van der Waals surface area contributed by atoms with Crippen molar-refractivity contribution in [2.24, 2.45) is 0 Å². The average Bonchev–Trinajstić information content (AvgIpc) is 2.62. The predicted molar refractivity (Wildman–Crippen MR) is 86.5 cm³/mol. The Morgan fingerprint density at radius 1 is 1.12 bits per heavy atom. The van der Waals surface area contributed by atoms with E-state index in [2.05, 4.69) is 5.32 Å². The van der Waals surface area contributed by atoms with Gasteiger partial charge in [0, 0.05) is 11.3 Å². The van der Waals surface area contributed by atoms with Crippen LogP contribution in [-0.2, 0) is 9.53 Å². The molecular formula is C18H14N2O4. The summed E-state index contributed by atoms with van der Waals surface area (Å²) in [6.45, 7) is 1.46. The SMILES string of the molecule is C[C@@H](OC(=O)c1ccc(C=O)cc1)C(=O)Nc1ccc(C#N)cc1. The summed E-state index contributed by atoms with van der Waals surface area (Å²) in [7, 11) is 0. The molecule has 0 heterocycles. The average molecular weight is 322 g/mol. The summed E-state index contributed by atoms with van der Waals surface area (Å²) in [5, 5.41) is 11.3. The fourth-order valence-corrected chi connectivity index (χ4v) is 1.85. The lowest BCUT2D eigenvalue weighted by Crippen LogP contribution is -2.30. The van der Waals surface area contributed by atoms with Crippen molar-refractivity contribution in [2.75, 3.05) is 5.32 Å². The summed E-state index contributed by atoms with van der Waals surface area (Å²) in [6.07, 6.45) is -0.332. The second-order valence-electron chi connectivity index (χ2n) is 4.97. The molecular weight excluding hydrogens is 308 g/mol. The van der Waals surface area contributed by atoms with Crippen LogP contribution in [0.5, 0.6) is 0 Å². The molecule has 6 nitrogen and oxygen atoms in total. The van der Waals surface area contributed by atoms with Gasteiger partial charge in [-0.3, -0.25) is 9.59 Å². The first-order valence-corrected chi connectivity index (χ1v) is 7.10. The van der Waals surface area contributed by atoms with E-state index in [0.29, 0.717) is 23.1 Å². The number of carbonyl (C=O) groups excluding carboxylic acids is 3. The minimum absolute atomic E-state index is 0.249. The first kappa shape index (κ1) is 16.9. The van der Waals surface area contributed by atoms with Crippen LogP contribution < -0.4 is 5.32 Å². The molecule has 0 saturated heterocycles. The van der Waals surface area contributed by atoms with Crippen molar-refractivity contribution in [1.82, 2.24) is 0 Å². The Morgan fingerprint density at radius 3 is 2.29 bits per heavy atom. The van der Waals surface area contributed by atoms with Crippen LogP contribution >= 0.6 is 0 Å². The van der Waals surface area contributed by atoms with Crippen molar-refractivity contribution in [1.29, 1.82) is 5.26 Å². The predicted octanol–water partition coefficient (Wildman–Crippen LogP) is 2.55. The molecule has 1 atom stereocenters. The molecule has 1 N–H and O–H groups in total. The number of nitriles is 1. The Hall–Kier alpha value is -3.46. The summed E-state index contributed by atoms with van der Waals surface area (Å²) in [5.41, 5.74) is 1.67. The molecule has 2 rings (SSSR count). The Morgan fingerprint density at radius 2 is 1.75 bits per heavy atom. The Labute approximate surface area is 138 Å². The van der Waals surface area contributed by atoms with Gasteiger partial charge in [-0.1, -0.05) is 12.1 Å². The molecule has 0 aliphatic rings. The van der Waals surface area contributed by atoms with Gasteiger partial charge < -0.3 is 10.1 Å². The molecule has 2 aromatic rings. The van der Waals surface area contributed by atoms with Gasteiger partial charge in [-0.25, -0.2) is 4.79 Å². The van der Waals surface area contributed by atoms with Crippen molar-refractivity contribution in [3.63, 3.8) is 0 Å². The van der Waals surface area contributed by atoms with Crippen molar-refractivity contribution in [3.8, 4) is 6.07 Å². The molecule has 0 bridgehead atoms. The number of nitrogens with zero attached hydrogens (tertiary/aromatic N) is 1. The Kier molecular flexibility index (Phi) is 5.42. The number of aldehydes is 1. The second-order valence-corrected chi connectivity index (χ2v) is 4.97. The minimum Gasteiger partial charge on any atom is -0.449 e. The third-order valence-electron chi connectivity index (χ3n) is 3.22. The van der Waals surface area contributed by atoms with Gasteiger partial charge in [-0.15, -0.1) is 0 Å². The number of carbonyl (C=O) groups is 3. The molecule has 0 unspecified atom stereocenters. The molecule has 0 aliphatic heterocycles. The number of anilines is 1. The topological polar surface area (TPSA) is 96.3 Å². The van der Waals surface area contributed by atoms with E-state index in [1.54, 1.807) is 24.3 Å². The lowest BCUT2D eigenvalue weighted by atomic mass is 10.1. The summed E-state index contributed by atoms with van der Waals surface area (Å²) < 4.78 is 5.10. The van der Waals surface area contributed by atoms with Gasteiger partial charge in [-0.2, -0.15) is 5.26 Å². The van der Waals surface area contributed by atoms with Gasteiger partial charge in [0.1, 0.15) is 6.29 Å². The number of esters is 1. The van der Waals surface area contributed by atoms with Crippen LogP contribution in [0.3, 0.4) is 0 Å². The molecule has 0 spiro atoms. The first-order chi connectivity index (χ1) is 11.5. The lowest BCUT2D eigenvalue weighted by Gasteiger charge is -2.13. The van der Waals surface area contributed by atoms with E-state index in [4.69, 9.17) is 10.00 Å². The quantitative estimate of drug-likeness (QED) is 0.674. The smallest absolute Gasteiger partial charge is 0.338 e. The van der Waals surface area contributed by atoms with Crippen LogP contribution in [0.4, 0.5) is 5.69 Å². The van der Waals surface area contributed by atoms with Crippen LogP contribution in [0.1, 0.15) is 33.2 Å². The monoisotopic (exact) mass is 322 g/mol. The Bertz CT molecular complexity index is 789. The fraction of sp³-hybridized carbons (Fsp3) is 0.111. The number of nitrogens with one attached hydrogen (secondary N) is 1. The zero-order valence-corrected chi connectivity index (χ0v) is 12.9. The van der Waals surface area contributed by atoms with Gasteiger partial charge in [-0.05, 0) is 43.3 Å². The molecule has 0 radical (unpaired) electrons. The van der Waals surface area contributed by atoms with Gasteiger partial charge in [0.25, 0.3) is 5.91 Å². The molecule has 0 aromatic heterocycles. The van der Waals surface area contributed by atoms with Crippen molar-refractivity contribution < 1.29 is 19.1 Å². The highest BCUT2D eigenvalue weighted by Gasteiger charge is 2.19. The largest absolute Gasteiger partial charge is 0.449 e. The van der Waals surface area contributed by atoms with Crippen LogP contribution in [0, 0.1) is 11.3 Å². The van der Waals surface area contributed by atoms with E-state index in [0.717, 1.165) is 0 Å². The first-order valence-electron chi connectivity index (χ1n) is 7.10. The maximum Gasteiger partial charge on any atom is 0.338 e. The molecule has 0 fully saturated rings. The number of hydrogen-bond acceptors (Lipinski definition) is 5. The molecule has 0 saturated carbocycles. The highest BCUT2D eigenvalue weighted by molar-refractivity contribution is 5.97. The highest BCUT2D eigenvalue weighted by atomic mass is 16.5. The third-order valence-corrected chi connectivity index (χ3v) is 3.22. The van der Waals surface area contributed by atoms with E-state index in [1.165, 1.54) is 31.2 Å². The van der Waals surface area contributed by atoms with Crippen molar-refractivity contribution in [3.05, 3.63) is 65.2 Å². The van der Waals surface area contributed by atoms with Gasteiger partial charge in [0.2, 0.25) is 0 Å². The fourth-order valence-electron chi connectivity index (χ4n) is 1.85. The molecule has 2 aromatic carbocycles. The van der Waals surface area contributed by atoms with E-state index >= 15 is 0 Å². The highest BCUT2D eigenvalue weighted by Crippen LogP contribution is 2.11. The van der Waals surface area contributed by atoms with E-state index in [9.17, 15) is 14.4 Å². The number of benzene rings is 2. The number of amides is 1. The molecule has 24 heavy (non-hydrogen) atoms. The maximum absolute atomic E-state index is 12.0. The van der Waals surface area contributed by atoms with E-state index in [-0.39, 0.29) is 5.56 Å². The third kappa shape index (κ3) is 4.27. The van der Waals surface area contributed by atoms with Crippen LogP contribution in [0.15, 0.2) is 48.5 Å². The number of ether oxygens (including phenoxy) is 1. The van der Waals surface area contributed by atoms with E-state index < -0.39 is 18.0 Å². The summed E-state index contributed by atoms with van der Waals surface area (Å²) >= 11 is 0. The summed E-state index contributed by atoms with van der Waals surface area (Å²) in [5.74, 6) is -1.15. The normalized spacial score (nSPS) is 11.0. The zero-order valence-electron chi connectivity index (χ0n) is 12.9. The number of hydrogen-bond donors (Lipinski definition) is 1. The standard InChI is InChI=1S/C18H14N2O4/c1-12(17(22)20-16-8-4-13(10-19)5-9-16)24-18(23)15-6-2-14(11-21)3-7-15/h2-9,11-12H,1H3,(H,20,22)/t12-/m1/s1. The molecule has 120 valence electrons. The minimum atomic E-state index is -1.00.